The molecule has 1 unspecified atom stereocenters. The fourth-order valence-corrected chi connectivity index (χ4v) is 1.57. The molecule has 0 aromatic heterocycles. The highest BCUT2D eigenvalue weighted by molar-refractivity contribution is 5.94. The number of carbonyl (C=O) groups is 1. The van der Waals surface area contributed by atoms with Crippen molar-refractivity contribution in [3.05, 3.63) is 35.4 Å². The van der Waals surface area contributed by atoms with Crippen molar-refractivity contribution in [3.8, 4) is 0 Å². The standard InChI is InChI=1S/C15H24N2O/c1-11(16-5)10-17-14(18)12-6-8-13(9-7-12)15(2,3)4/h6-9,11,16H,10H2,1-5H3,(H,17,18). The van der Waals surface area contributed by atoms with Crippen molar-refractivity contribution in [2.75, 3.05) is 13.6 Å². The summed E-state index contributed by atoms with van der Waals surface area (Å²) in [6.45, 7) is 9.16. The van der Waals surface area contributed by atoms with Crippen LogP contribution < -0.4 is 10.6 Å². The Morgan fingerprint density at radius 1 is 1.22 bits per heavy atom. The first-order valence-electron chi connectivity index (χ1n) is 6.40. The van der Waals surface area contributed by atoms with Gasteiger partial charge in [-0.25, -0.2) is 0 Å². The number of hydrogen-bond acceptors (Lipinski definition) is 2. The zero-order chi connectivity index (χ0) is 13.8. The van der Waals surface area contributed by atoms with E-state index in [0.717, 1.165) is 0 Å². The Bertz CT molecular complexity index is 390. The van der Waals surface area contributed by atoms with Crippen molar-refractivity contribution in [2.45, 2.75) is 39.2 Å². The van der Waals surface area contributed by atoms with Gasteiger partial charge in [0.1, 0.15) is 0 Å². The van der Waals surface area contributed by atoms with E-state index in [4.69, 9.17) is 0 Å². The molecule has 0 aliphatic carbocycles. The molecule has 0 aliphatic rings. The van der Waals surface area contributed by atoms with Gasteiger partial charge >= 0.3 is 0 Å². The van der Waals surface area contributed by atoms with Gasteiger partial charge < -0.3 is 10.6 Å². The Labute approximate surface area is 110 Å². The molecule has 0 fully saturated rings. The average molecular weight is 248 g/mol. The summed E-state index contributed by atoms with van der Waals surface area (Å²) in [5.41, 5.74) is 2.07. The molecule has 1 aromatic carbocycles. The summed E-state index contributed by atoms with van der Waals surface area (Å²) in [5, 5.41) is 5.99. The van der Waals surface area contributed by atoms with Crippen LogP contribution in [0, 0.1) is 0 Å². The number of benzene rings is 1. The van der Waals surface area contributed by atoms with Crippen LogP contribution in [0.4, 0.5) is 0 Å². The Morgan fingerprint density at radius 3 is 2.22 bits per heavy atom. The molecule has 0 bridgehead atoms. The second-order valence-electron chi connectivity index (χ2n) is 5.73. The Kier molecular flexibility index (Phi) is 4.91. The number of likely N-dealkylation sites (N-methyl/N-ethyl adjacent to an activating group) is 1. The van der Waals surface area contributed by atoms with Crippen molar-refractivity contribution < 1.29 is 4.79 Å². The lowest BCUT2D eigenvalue weighted by molar-refractivity contribution is 0.0950. The maximum absolute atomic E-state index is 11.9. The van der Waals surface area contributed by atoms with Crippen molar-refractivity contribution in [1.82, 2.24) is 10.6 Å². The molecule has 1 aromatic rings. The summed E-state index contributed by atoms with van der Waals surface area (Å²) in [6, 6.07) is 8.11. The molecule has 0 saturated carbocycles. The smallest absolute Gasteiger partial charge is 0.251 e. The summed E-state index contributed by atoms with van der Waals surface area (Å²) in [4.78, 5) is 11.9. The van der Waals surface area contributed by atoms with Crippen LogP contribution in [0.25, 0.3) is 0 Å². The lowest BCUT2D eigenvalue weighted by Crippen LogP contribution is -2.37. The summed E-state index contributed by atoms with van der Waals surface area (Å²) >= 11 is 0. The molecule has 100 valence electrons. The quantitative estimate of drug-likeness (QED) is 0.858. The van der Waals surface area contributed by atoms with Crippen LogP contribution in [0.2, 0.25) is 0 Å². The van der Waals surface area contributed by atoms with Gasteiger partial charge in [0.2, 0.25) is 0 Å². The van der Waals surface area contributed by atoms with E-state index in [9.17, 15) is 4.79 Å². The SMILES string of the molecule is CNC(C)CNC(=O)c1ccc(C(C)(C)C)cc1. The van der Waals surface area contributed by atoms with Crippen LogP contribution in [0.5, 0.6) is 0 Å². The second kappa shape index (κ2) is 6.01. The molecule has 0 saturated heterocycles. The molecule has 0 radical (unpaired) electrons. The van der Waals surface area contributed by atoms with Gasteiger partial charge in [0.05, 0.1) is 0 Å². The van der Waals surface area contributed by atoms with Crippen LogP contribution in [-0.2, 0) is 5.41 Å². The summed E-state index contributed by atoms with van der Waals surface area (Å²) in [7, 11) is 1.88. The third-order valence-corrected chi connectivity index (χ3v) is 3.07. The molecule has 3 heteroatoms. The predicted octanol–water partition coefficient (Wildman–Crippen LogP) is 2.32. The summed E-state index contributed by atoms with van der Waals surface area (Å²) in [6.07, 6.45) is 0. The minimum Gasteiger partial charge on any atom is -0.350 e. The van der Waals surface area contributed by atoms with Crippen LogP contribution in [0.1, 0.15) is 43.6 Å². The second-order valence-corrected chi connectivity index (χ2v) is 5.73. The van der Waals surface area contributed by atoms with E-state index in [2.05, 4.69) is 31.4 Å². The first-order valence-corrected chi connectivity index (χ1v) is 6.40. The highest BCUT2D eigenvalue weighted by atomic mass is 16.1. The Balaban J connectivity index is 2.65. The predicted molar refractivity (Wildman–Crippen MR) is 76.0 cm³/mol. The third-order valence-electron chi connectivity index (χ3n) is 3.07. The molecule has 0 heterocycles. The van der Waals surface area contributed by atoms with E-state index in [1.54, 1.807) is 0 Å². The molecule has 1 amide bonds. The number of rotatable bonds is 4. The van der Waals surface area contributed by atoms with Crippen molar-refractivity contribution in [1.29, 1.82) is 0 Å². The minimum absolute atomic E-state index is 0.0161. The number of amides is 1. The van der Waals surface area contributed by atoms with Crippen LogP contribution in [0.3, 0.4) is 0 Å². The average Bonchev–Trinajstić information content (AvgIpc) is 2.34. The summed E-state index contributed by atoms with van der Waals surface area (Å²) in [5.74, 6) is -0.0161. The first kappa shape index (κ1) is 14.7. The monoisotopic (exact) mass is 248 g/mol. The van der Waals surface area contributed by atoms with E-state index in [1.807, 2.05) is 38.2 Å². The van der Waals surface area contributed by atoms with Gasteiger partial charge in [-0.3, -0.25) is 4.79 Å². The molecular formula is C15H24N2O. The third kappa shape index (κ3) is 4.15. The lowest BCUT2D eigenvalue weighted by Gasteiger charge is -2.19. The van der Waals surface area contributed by atoms with Gasteiger partial charge in [-0.1, -0.05) is 32.9 Å². The van der Waals surface area contributed by atoms with Gasteiger partial charge in [0.15, 0.2) is 0 Å². The van der Waals surface area contributed by atoms with Crippen LogP contribution in [-0.4, -0.2) is 25.5 Å². The van der Waals surface area contributed by atoms with Gasteiger partial charge in [-0.05, 0) is 37.1 Å². The van der Waals surface area contributed by atoms with Gasteiger partial charge in [-0.15, -0.1) is 0 Å². The fraction of sp³-hybridized carbons (Fsp3) is 0.533. The minimum atomic E-state index is -0.0161. The van der Waals surface area contributed by atoms with Gasteiger partial charge in [-0.2, -0.15) is 0 Å². The van der Waals surface area contributed by atoms with Crippen LogP contribution in [0.15, 0.2) is 24.3 Å². The Morgan fingerprint density at radius 2 is 1.78 bits per heavy atom. The van der Waals surface area contributed by atoms with E-state index < -0.39 is 0 Å². The highest BCUT2D eigenvalue weighted by Crippen LogP contribution is 2.22. The fourth-order valence-electron chi connectivity index (χ4n) is 1.57. The molecule has 0 spiro atoms. The zero-order valence-electron chi connectivity index (χ0n) is 12.0. The topological polar surface area (TPSA) is 41.1 Å². The van der Waals surface area contributed by atoms with E-state index in [0.29, 0.717) is 12.1 Å². The van der Waals surface area contributed by atoms with Crippen molar-refractivity contribution in [2.24, 2.45) is 0 Å². The van der Waals surface area contributed by atoms with Crippen molar-refractivity contribution >= 4 is 5.91 Å². The van der Waals surface area contributed by atoms with Crippen molar-refractivity contribution in [3.63, 3.8) is 0 Å². The molecular weight excluding hydrogens is 224 g/mol. The van der Waals surface area contributed by atoms with Crippen LogP contribution >= 0.6 is 0 Å². The maximum Gasteiger partial charge on any atom is 0.251 e. The van der Waals surface area contributed by atoms with E-state index in [1.165, 1.54) is 5.56 Å². The molecule has 2 N–H and O–H groups in total. The maximum atomic E-state index is 11.9. The zero-order valence-corrected chi connectivity index (χ0v) is 12.0. The lowest BCUT2D eigenvalue weighted by atomic mass is 9.87. The molecule has 18 heavy (non-hydrogen) atoms. The van der Waals surface area contributed by atoms with E-state index in [-0.39, 0.29) is 17.4 Å². The van der Waals surface area contributed by atoms with Gasteiger partial charge in [0.25, 0.3) is 5.91 Å². The molecule has 1 rings (SSSR count). The normalized spacial score (nSPS) is 13.2. The molecule has 0 aliphatic heterocycles. The van der Waals surface area contributed by atoms with E-state index >= 15 is 0 Å². The molecule has 3 nitrogen and oxygen atoms in total. The van der Waals surface area contributed by atoms with Gasteiger partial charge in [0, 0.05) is 18.2 Å². The number of carbonyl (C=O) groups excluding carboxylic acids is 1. The largest absolute Gasteiger partial charge is 0.350 e. The first-order chi connectivity index (χ1) is 8.34. The number of nitrogens with one attached hydrogen (secondary N) is 2. The Hall–Kier alpha value is -1.35. The highest BCUT2D eigenvalue weighted by Gasteiger charge is 2.14. The molecule has 1 atom stereocenters. The summed E-state index contributed by atoms with van der Waals surface area (Å²) < 4.78 is 0. The number of hydrogen-bond donors (Lipinski definition) is 2.